The molecule has 1 atom stereocenters. The number of fused-ring (bicyclic) bond motifs is 1. The smallest absolute Gasteiger partial charge is 0.217 e. The van der Waals surface area contributed by atoms with Crippen molar-refractivity contribution in [3.8, 4) is 0 Å². The zero-order valence-electron chi connectivity index (χ0n) is 10.8. The van der Waals surface area contributed by atoms with Crippen molar-refractivity contribution in [1.29, 1.82) is 0 Å². The first-order valence-corrected chi connectivity index (χ1v) is 6.58. The number of furan rings is 1. The number of Topliss-reactive ketones (excluding diaryl/α,β-unsaturated/α-hetero) is 1. The summed E-state index contributed by atoms with van der Waals surface area (Å²) in [6.07, 6.45) is 2.88. The average molecular weight is 261 g/mol. The highest BCUT2D eigenvalue weighted by molar-refractivity contribution is 6.03. The largest absolute Gasteiger partial charge is 0.450 e. The number of hydrogen-bond donors (Lipinski definition) is 1. The Labute approximate surface area is 110 Å². The van der Waals surface area contributed by atoms with Gasteiger partial charge in [0.2, 0.25) is 5.78 Å². The molecular formula is C15H16FNO2. The van der Waals surface area contributed by atoms with Gasteiger partial charge in [-0.15, -0.1) is 0 Å². The first-order chi connectivity index (χ1) is 9.10. The van der Waals surface area contributed by atoms with Crippen LogP contribution in [0.15, 0.2) is 28.7 Å². The Morgan fingerprint density at radius 2 is 2.26 bits per heavy atom. The molecule has 0 bridgehead atoms. The van der Waals surface area contributed by atoms with Crippen LogP contribution in [-0.2, 0) is 0 Å². The topological polar surface area (TPSA) is 42.2 Å². The van der Waals surface area contributed by atoms with Crippen LogP contribution in [0.25, 0.3) is 11.0 Å². The number of rotatable bonds is 2. The first-order valence-electron chi connectivity index (χ1n) is 6.58. The fourth-order valence-corrected chi connectivity index (χ4v) is 2.66. The Balaban J connectivity index is 1.99. The summed E-state index contributed by atoms with van der Waals surface area (Å²) in [5, 5.41) is 3.88. The van der Waals surface area contributed by atoms with Crippen LogP contribution in [0.1, 0.15) is 36.7 Å². The number of nitrogens with one attached hydrogen (secondary N) is 1. The summed E-state index contributed by atoms with van der Waals surface area (Å²) < 4.78 is 19.0. The van der Waals surface area contributed by atoms with E-state index in [1.54, 1.807) is 18.2 Å². The van der Waals surface area contributed by atoms with Gasteiger partial charge < -0.3 is 9.73 Å². The number of hydrogen-bond acceptors (Lipinski definition) is 3. The third kappa shape index (κ3) is 2.06. The Bertz CT molecular complexity index is 626. The number of para-hydroxylation sites is 1. The molecule has 19 heavy (non-hydrogen) atoms. The Kier molecular flexibility index (Phi) is 2.90. The van der Waals surface area contributed by atoms with Gasteiger partial charge in [-0.2, -0.15) is 0 Å². The minimum Gasteiger partial charge on any atom is -0.450 e. The van der Waals surface area contributed by atoms with E-state index < -0.39 is 11.4 Å². The third-order valence-corrected chi connectivity index (χ3v) is 3.84. The van der Waals surface area contributed by atoms with Crippen molar-refractivity contribution in [2.45, 2.75) is 31.7 Å². The van der Waals surface area contributed by atoms with Gasteiger partial charge in [-0.05, 0) is 44.9 Å². The van der Waals surface area contributed by atoms with Gasteiger partial charge in [0.15, 0.2) is 17.2 Å². The second kappa shape index (κ2) is 4.46. The summed E-state index contributed by atoms with van der Waals surface area (Å²) in [4.78, 5) is 12.5. The zero-order chi connectivity index (χ0) is 13.5. The summed E-state index contributed by atoms with van der Waals surface area (Å²) in [6.45, 7) is 2.72. The van der Waals surface area contributed by atoms with E-state index >= 15 is 0 Å². The van der Waals surface area contributed by atoms with Gasteiger partial charge >= 0.3 is 0 Å². The van der Waals surface area contributed by atoms with Gasteiger partial charge in [-0.25, -0.2) is 4.39 Å². The van der Waals surface area contributed by atoms with E-state index in [1.807, 2.05) is 6.92 Å². The van der Waals surface area contributed by atoms with Crippen molar-refractivity contribution >= 4 is 16.8 Å². The van der Waals surface area contributed by atoms with Crippen LogP contribution < -0.4 is 5.32 Å². The SMILES string of the molecule is CC1(C(=O)c2cc3cccc(F)c3o2)CCCCN1. The second-order valence-corrected chi connectivity index (χ2v) is 5.31. The van der Waals surface area contributed by atoms with Gasteiger partial charge in [0, 0.05) is 5.39 Å². The van der Waals surface area contributed by atoms with Gasteiger partial charge in [0.1, 0.15) is 0 Å². The summed E-state index contributed by atoms with van der Waals surface area (Å²) in [6, 6.07) is 6.32. The summed E-state index contributed by atoms with van der Waals surface area (Å²) in [7, 11) is 0. The molecule has 3 rings (SSSR count). The molecule has 2 heterocycles. The van der Waals surface area contributed by atoms with Crippen molar-refractivity contribution in [2.24, 2.45) is 0 Å². The maximum absolute atomic E-state index is 13.6. The predicted molar refractivity (Wildman–Crippen MR) is 70.8 cm³/mol. The number of benzene rings is 1. The lowest BCUT2D eigenvalue weighted by Crippen LogP contribution is -2.52. The number of halogens is 1. The fourth-order valence-electron chi connectivity index (χ4n) is 2.66. The molecule has 1 aromatic carbocycles. The monoisotopic (exact) mass is 261 g/mol. The molecule has 1 aliphatic rings. The molecular weight excluding hydrogens is 245 g/mol. The Morgan fingerprint density at radius 3 is 2.95 bits per heavy atom. The molecule has 0 saturated carbocycles. The molecule has 1 N–H and O–H groups in total. The highest BCUT2D eigenvalue weighted by Gasteiger charge is 2.36. The number of carbonyl (C=O) groups is 1. The van der Waals surface area contributed by atoms with E-state index in [-0.39, 0.29) is 17.1 Å². The van der Waals surface area contributed by atoms with E-state index in [0.29, 0.717) is 5.39 Å². The third-order valence-electron chi connectivity index (χ3n) is 3.84. The van der Waals surface area contributed by atoms with E-state index in [4.69, 9.17) is 4.42 Å². The number of ketones is 1. The maximum atomic E-state index is 13.6. The molecule has 1 aromatic heterocycles. The quantitative estimate of drug-likeness (QED) is 0.843. The Hall–Kier alpha value is -1.68. The number of carbonyl (C=O) groups excluding carboxylic acids is 1. The molecule has 1 fully saturated rings. The fraction of sp³-hybridized carbons (Fsp3) is 0.400. The highest BCUT2D eigenvalue weighted by atomic mass is 19.1. The van der Waals surface area contributed by atoms with Crippen molar-refractivity contribution in [3.05, 3.63) is 35.8 Å². The molecule has 0 spiro atoms. The van der Waals surface area contributed by atoms with E-state index in [9.17, 15) is 9.18 Å². The van der Waals surface area contributed by atoms with Crippen LogP contribution in [-0.4, -0.2) is 17.9 Å². The van der Waals surface area contributed by atoms with Crippen LogP contribution in [0.3, 0.4) is 0 Å². The number of piperidine rings is 1. The summed E-state index contributed by atoms with van der Waals surface area (Å²) in [5.41, 5.74) is -0.437. The predicted octanol–water partition coefficient (Wildman–Crippen LogP) is 3.29. The van der Waals surface area contributed by atoms with Gasteiger partial charge in [0.05, 0.1) is 5.54 Å². The van der Waals surface area contributed by atoms with Crippen molar-refractivity contribution < 1.29 is 13.6 Å². The van der Waals surface area contributed by atoms with Gasteiger partial charge in [0.25, 0.3) is 0 Å². The minimum absolute atomic E-state index is 0.0946. The average Bonchev–Trinajstić information content (AvgIpc) is 2.84. The minimum atomic E-state index is -0.595. The molecule has 3 nitrogen and oxygen atoms in total. The molecule has 2 aromatic rings. The molecule has 0 radical (unpaired) electrons. The van der Waals surface area contributed by atoms with Crippen molar-refractivity contribution in [3.63, 3.8) is 0 Å². The van der Waals surface area contributed by atoms with Crippen LogP contribution in [0.4, 0.5) is 4.39 Å². The summed E-state index contributed by atoms with van der Waals surface area (Å²) >= 11 is 0. The van der Waals surface area contributed by atoms with E-state index in [0.717, 1.165) is 25.8 Å². The molecule has 0 aliphatic carbocycles. The lowest BCUT2D eigenvalue weighted by Gasteiger charge is -2.32. The molecule has 1 saturated heterocycles. The van der Waals surface area contributed by atoms with Crippen LogP contribution >= 0.6 is 0 Å². The normalized spacial score (nSPS) is 23.7. The van der Waals surface area contributed by atoms with Crippen molar-refractivity contribution in [1.82, 2.24) is 5.32 Å². The molecule has 0 amide bonds. The lowest BCUT2D eigenvalue weighted by molar-refractivity contribution is 0.0807. The molecule has 1 aliphatic heterocycles. The van der Waals surface area contributed by atoms with Crippen LogP contribution in [0.5, 0.6) is 0 Å². The van der Waals surface area contributed by atoms with E-state index in [2.05, 4.69) is 5.32 Å². The molecule has 100 valence electrons. The van der Waals surface area contributed by atoms with Gasteiger partial charge in [-0.3, -0.25) is 4.79 Å². The highest BCUT2D eigenvalue weighted by Crippen LogP contribution is 2.28. The summed E-state index contributed by atoms with van der Waals surface area (Å²) in [5.74, 6) is -0.293. The molecule has 4 heteroatoms. The van der Waals surface area contributed by atoms with Gasteiger partial charge in [-0.1, -0.05) is 12.1 Å². The zero-order valence-corrected chi connectivity index (χ0v) is 10.8. The van der Waals surface area contributed by atoms with Crippen molar-refractivity contribution in [2.75, 3.05) is 6.54 Å². The maximum Gasteiger partial charge on any atom is 0.217 e. The second-order valence-electron chi connectivity index (χ2n) is 5.31. The standard InChI is InChI=1S/C15H16FNO2/c1-15(7-2-3-8-17-15)14(18)12-9-10-5-4-6-11(16)13(10)19-12/h4-6,9,17H,2-3,7-8H2,1H3. The van der Waals surface area contributed by atoms with Crippen LogP contribution in [0.2, 0.25) is 0 Å². The first kappa shape index (κ1) is 12.4. The molecule has 1 unspecified atom stereocenters. The lowest BCUT2D eigenvalue weighted by atomic mass is 9.86. The van der Waals surface area contributed by atoms with Crippen LogP contribution in [0, 0.1) is 5.82 Å². The Morgan fingerprint density at radius 1 is 1.42 bits per heavy atom. The van der Waals surface area contributed by atoms with E-state index in [1.165, 1.54) is 6.07 Å².